The Morgan fingerprint density at radius 1 is 1.00 bits per heavy atom. The molecule has 0 spiro atoms. The summed E-state index contributed by atoms with van der Waals surface area (Å²) in [7, 11) is 4.08. The molecule has 0 saturated carbocycles. The van der Waals surface area contributed by atoms with E-state index in [9.17, 15) is 0 Å². The third-order valence-corrected chi connectivity index (χ3v) is 3.57. The highest BCUT2D eigenvalue weighted by Gasteiger charge is 2.03. The molecule has 0 bridgehead atoms. The number of nitrogens with one attached hydrogen (secondary N) is 1. The van der Waals surface area contributed by atoms with E-state index in [0.29, 0.717) is 16.6 Å². The molecule has 0 fully saturated rings. The van der Waals surface area contributed by atoms with Gasteiger partial charge in [-0.25, -0.2) is 0 Å². The number of rotatable bonds is 4. The summed E-state index contributed by atoms with van der Waals surface area (Å²) in [5, 5.41) is 4.74. The first-order chi connectivity index (χ1) is 9.45. The van der Waals surface area contributed by atoms with Crippen LogP contribution in [-0.4, -0.2) is 14.1 Å². The van der Waals surface area contributed by atoms with Crippen molar-refractivity contribution < 1.29 is 0 Å². The molecule has 0 heterocycles. The molecule has 2 rings (SSSR count). The molecule has 2 aromatic carbocycles. The highest BCUT2D eigenvalue weighted by molar-refractivity contribution is 6.34. The SMILES string of the molecule is Cc1cc(N(C)C)ccc1NCc1cc(Cl)cc(Cl)c1. The van der Waals surface area contributed by atoms with Gasteiger partial charge in [0.05, 0.1) is 0 Å². The molecule has 0 aromatic heterocycles. The van der Waals surface area contributed by atoms with Crippen LogP contribution in [-0.2, 0) is 6.54 Å². The van der Waals surface area contributed by atoms with E-state index in [2.05, 4.69) is 35.3 Å². The normalized spacial score (nSPS) is 10.4. The van der Waals surface area contributed by atoms with Crippen LogP contribution in [0.5, 0.6) is 0 Å². The van der Waals surface area contributed by atoms with Crippen LogP contribution < -0.4 is 10.2 Å². The molecule has 0 aliphatic heterocycles. The smallest absolute Gasteiger partial charge is 0.0424 e. The van der Waals surface area contributed by atoms with Crippen molar-refractivity contribution in [3.05, 3.63) is 57.6 Å². The van der Waals surface area contributed by atoms with Crippen LogP contribution in [0.3, 0.4) is 0 Å². The highest BCUT2D eigenvalue weighted by atomic mass is 35.5. The average molecular weight is 309 g/mol. The Kier molecular flexibility index (Phi) is 4.79. The van der Waals surface area contributed by atoms with Gasteiger partial charge in [0, 0.05) is 42.1 Å². The largest absolute Gasteiger partial charge is 0.381 e. The van der Waals surface area contributed by atoms with Gasteiger partial charge in [0.2, 0.25) is 0 Å². The minimum atomic E-state index is 0.661. The van der Waals surface area contributed by atoms with Crippen LogP contribution in [0.4, 0.5) is 11.4 Å². The Morgan fingerprint density at radius 3 is 2.20 bits per heavy atom. The molecule has 1 N–H and O–H groups in total. The molecule has 4 heteroatoms. The van der Waals surface area contributed by atoms with Gasteiger partial charge in [-0.15, -0.1) is 0 Å². The number of benzene rings is 2. The van der Waals surface area contributed by atoms with Crippen molar-refractivity contribution in [2.24, 2.45) is 0 Å². The number of anilines is 2. The van der Waals surface area contributed by atoms with Crippen LogP contribution in [0.2, 0.25) is 10.0 Å². The molecule has 0 aliphatic rings. The van der Waals surface area contributed by atoms with Gasteiger partial charge in [0.25, 0.3) is 0 Å². The van der Waals surface area contributed by atoms with Gasteiger partial charge in [0.1, 0.15) is 0 Å². The van der Waals surface area contributed by atoms with Crippen LogP contribution in [0.1, 0.15) is 11.1 Å². The van der Waals surface area contributed by atoms with E-state index in [-0.39, 0.29) is 0 Å². The fourth-order valence-electron chi connectivity index (χ4n) is 2.03. The summed E-state index contributed by atoms with van der Waals surface area (Å²) in [6.45, 7) is 2.79. The lowest BCUT2D eigenvalue weighted by atomic mass is 10.1. The Hall–Kier alpha value is -1.38. The fraction of sp³-hybridized carbons (Fsp3) is 0.250. The predicted molar refractivity (Wildman–Crippen MR) is 89.3 cm³/mol. The molecule has 0 unspecified atom stereocenters. The molecule has 2 aromatic rings. The Bertz CT molecular complexity index is 589. The monoisotopic (exact) mass is 308 g/mol. The van der Waals surface area contributed by atoms with E-state index < -0.39 is 0 Å². The van der Waals surface area contributed by atoms with Crippen molar-refractivity contribution in [3.63, 3.8) is 0 Å². The lowest BCUT2D eigenvalue weighted by Crippen LogP contribution is -2.09. The van der Waals surface area contributed by atoms with Crippen LogP contribution in [0.25, 0.3) is 0 Å². The molecule has 0 aliphatic carbocycles. The molecule has 2 nitrogen and oxygen atoms in total. The predicted octanol–water partition coefficient (Wildman–Crippen LogP) is 4.98. The maximum atomic E-state index is 6.00. The van der Waals surface area contributed by atoms with Crippen molar-refractivity contribution in [2.75, 3.05) is 24.3 Å². The third kappa shape index (κ3) is 3.81. The van der Waals surface area contributed by atoms with Crippen molar-refractivity contribution >= 4 is 34.6 Å². The molecule has 20 heavy (non-hydrogen) atoms. The maximum absolute atomic E-state index is 6.00. The van der Waals surface area contributed by atoms with Crippen molar-refractivity contribution in [2.45, 2.75) is 13.5 Å². The molecule has 0 atom stereocenters. The summed E-state index contributed by atoms with van der Waals surface area (Å²) in [6.07, 6.45) is 0. The van der Waals surface area contributed by atoms with Gasteiger partial charge >= 0.3 is 0 Å². The van der Waals surface area contributed by atoms with E-state index in [0.717, 1.165) is 11.3 Å². The van der Waals surface area contributed by atoms with Gasteiger partial charge in [-0.05, 0) is 54.4 Å². The van der Waals surface area contributed by atoms with Crippen molar-refractivity contribution in [1.82, 2.24) is 0 Å². The van der Waals surface area contributed by atoms with Crippen LogP contribution in [0, 0.1) is 6.92 Å². The van der Waals surface area contributed by atoms with Gasteiger partial charge in [0.15, 0.2) is 0 Å². The molecule has 0 saturated heterocycles. The lowest BCUT2D eigenvalue weighted by molar-refractivity contribution is 1.11. The molecule has 0 radical (unpaired) electrons. The summed E-state index contributed by atoms with van der Waals surface area (Å²) in [5.74, 6) is 0. The van der Waals surface area contributed by atoms with Crippen LogP contribution >= 0.6 is 23.2 Å². The molecule has 0 amide bonds. The fourth-order valence-corrected chi connectivity index (χ4v) is 2.61. The van der Waals surface area contributed by atoms with E-state index in [1.165, 1.54) is 11.3 Å². The van der Waals surface area contributed by atoms with E-state index >= 15 is 0 Å². The summed E-state index contributed by atoms with van der Waals surface area (Å²) >= 11 is 12.0. The Labute approximate surface area is 130 Å². The Balaban J connectivity index is 2.11. The first-order valence-electron chi connectivity index (χ1n) is 6.42. The van der Waals surface area contributed by atoms with Gasteiger partial charge in [-0.3, -0.25) is 0 Å². The van der Waals surface area contributed by atoms with Crippen LogP contribution in [0.15, 0.2) is 36.4 Å². The zero-order valence-corrected chi connectivity index (χ0v) is 13.4. The van der Waals surface area contributed by atoms with Gasteiger partial charge in [-0.2, -0.15) is 0 Å². The quantitative estimate of drug-likeness (QED) is 0.857. The standard InChI is InChI=1S/C16H18Cl2N2/c1-11-6-15(20(2)3)4-5-16(11)19-10-12-7-13(17)9-14(18)8-12/h4-9,19H,10H2,1-3H3. The summed E-state index contributed by atoms with van der Waals surface area (Å²) in [4.78, 5) is 2.09. The van der Waals surface area contributed by atoms with E-state index in [4.69, 9.17) is 23.2 Å². The summed E-state index contributed by atoms with van der Waals surface area (Å²) in [5.41, 5.74) is 4.59. The Morgan fingerprint density at radius 2 is 1.65 bits per heavy atom. The number of aryl methyl sites for hydroxylation is 1. The maximum Gasteiger partial charge on any atom is 0.0424 e. The van der Waals surface area contributed by atoms with Gasteiger partial charge in [-0.1, -0.05) is 23.2 Å². The van der Waals surface area contributed by atoms with E-state index in [1.807, 2.05) is 26.2 Å². The van der Waals surface area contributed by atoms with E-state index in [1.54, 1.807) is 6.07 Å². The first-order valence-corrected chi connectivity index (χ1v) is 7.18. The number of nitrogens with zero attached hydrogens (tertiary/aromatic N) is 1. The second-order valence-electron chi connectivity index (χ2n) is 5.02. The summed E-state index contributed by atoms with van der Waals surface area (Å²) in [6, 6.07) is 11.9. The molecular weight excluding hydrogens is 291 g/mol. The van der Waals surface area contributed by atoms with Crippen molar-refractivity contribution in [3.8, 4) is 0 Å². The number of halogens is 2. The second kappa shape index (κ2) is 6.38. The van der Waals surface area contributed by atoms with Crippen molar-refractivity contribution in [1.29, 1.82) is 0 Å². The zero-order chi connectivity index (χ0) is 14.7. The average Bonchev–Trinajstić information content (AvgIpc) is 2.36. The summed E-state index contributed by atoms with van der Waals surface area (Å²) < 4.78 is 0. The topological polar surface area (TPSA) is 15.3 Å². The number of hydrogen-bond donors (Lipinski definition) is 1. The molecule has 106 valence electrons. The lowest BCUT2D eigenvalue weighted by Gasteiger charge is -2.16. The minimum absolute atomic E-state index is 0.661. The highest BCUT2D eigenvalue weighted by Crippen LogP contribution is 2.23. The van der Waals surface area contributed by atoms with Gasteiger partial charge < -0.3 is 10.2 Å². The third-order valence-electron chi connectivity index (χ3n) is 3.13. The second-order valence-corrected chi connectivity index (χ2v) is 5.90. The number of hydrogen-bond acceptors (Lipinski definition) is 2. The molecular formula is C16H18Cl2N2. The zero-order valence-electron chi connectivity index (χ0n) is 11.9. The first kappa shape index (κ1) is 15.0. The minimum Gasteiger partial charge on any atom is -0.381 e.